The summed E-state index contributed by atoms with van der Waals surface area (Å²) in [6.45, 7) is 1.38. The SMILES string of the molecule is Cc1ccccc1C(CO)(CO)Cc1ccc(Cl)cc1F. The highest BCUT2D eigenvalue weighted by molar-refractivity contribution is 6.30. The van der Waals surface area contributed by atoms with Crippen molar-refractivity contribution in [2.24, 2.45) is 0 Å². The average molecular weight is 309 g/mol. The van der Waals surface area contributed by atoms with Crippen LogP contribution in [-0.2, 0) is 11.8 Å². The first-order valence-electron chi connectivity index (χ1n) is 6.74. The second kappa shape index (κ2) is 6.56. The first kappa shape index (κ1) is 16.0. The minimum Gasteiger partial charge on any atom is -0.395 e. The minimum atomic E-state index is -0.917. The smallest absolute Gasteiger partial charge is 0.127 e. The molecular weight excluding hydrogens is 291 g/mol. The minimum absolute atomic E-state index is 0.202. The molecule has 0 aliphatic rings. The van der Waals surface area contributed by atoms with Crippen LogP contribution in [-0.4, -0.2) is 23.4 Å². The molecule has 0 spiro atoms. The third-order valence-corrected chi connectivity index (χ3v) is 4.10. The summed E-state index contributed by atoms with van der Waals surface area (Å²) in [5, 5.41) is 20.0. The van der Waals surface area contributed by atoms with Crippen molar-refractivity contribution in [3.05, 3.63) is 70.0 Å². The van der Waals surface area contributed by atoms with E-state index in [1.807, 2.05) is 31.2 Å². The summed E-state index contributed by atoms with van der Waals surface area (Å²) in [4.78, 5) is 0. The van der Waals surface area contributed by atoms with Crippen molar-refractivity contribution in [3.63, 3.8) is 0 Å². The van der Waals surface area contributed by atoms with Crippen LogP contribution >= 0.6 is 11.6 Å². The van der Waals surface area contributed by atoms with Crippen LogP contribution in [0, 0.1) is 12.7 Å². The standard InChI is InChI=1S/C17H18ClFO2/c1-12-4-2-3-5-15(12)17(10-20,11-21)9-13-6-7-14(18)8-16(13)19/h2-8,20-21H,9-11H2,1H3. The van der Waals surface area contributed by atoms with E-state index >= 15 is 0 Å². The molecule has 112 valence electrons. The van der Waals surface area contributed by atoms with Gasteiger partial charge in [-0.3, -0.25) is 0 Å². The van der Waals surface area contributed by atoms with Crippen molar-refractivity contribution in [3.8, 4) is 0 Å². The highest BCUT2D eigenvalue weighted by Gasteiger charge is 2.33. The summed E-state index contributed by atoms with van der Waals surface area (Å²) in [5.41, 5.74) is 1.28. The molecule has 2 N–H and O–H groups in total. The first-order chi connectivity index (χ1) is 10.0. The lowest BCUT2D eigenvalue weighted by atomic mass is 9.75. The van der Waals surface area contributed by atoms with Crippen molar-refractivity contribution in [1.82, 2.24) is 0 Å². The van der Waals surface area contributed by atoms with Crippen LogP contribution in [0.3, 0.4) is 0 Å². The molecule has 2 aromatic rings. The highest BCUT2D eigenvalue weighted by Crippen LogP contribution is 2.31. The van der Waals surface area contributed by atoms with E-state index in [2.05, 4.69) is 0 Å². The van der Waals surface area contributed by atoms with E-state index in [1.165, 1.54) is 6.07 Å². The predicted molar refractivity (Wildman–Crippen MR) is 82.1 cm³/mol. The fraction of sp³-hybridized carbons (Fsp3) is 0.294. The Hall–Kier alpha value is -1.42. The maximum atomic E-state index is 14.0. The van der Waals surface area contributed by atoms with Gasteiger partial charge in [-0.2, -0.15) is 0 Å². The summed E-state index contributed by atoms with van der Waals surface area (Å²) in [5.74, 6) is -0.428. The Morgan fingerprint density at radius 3 is 2.33 bits per heavy atom. The van der Waals surface area contributed by atoms with Gasteiger partial charge in [-0.05, 0) is 42.2 Å². The fourth-order valence-electron chi connectivity index (χ4n) is 2.62. The Balaban J connectivity index is 2.46. The Bertz CT molecular complexity index is 624. The van der Waals surface area contributed by atoms with Crippen LogP contribution in [0.4, 0.5) is 4.39 Å². The number of rotatable bonds is 5. The number of aryl methyl sites for hydroxylation is 1. The van der Waals surface area contributed by atoms with Crippen molar-refractivity contribution in [1.29, 1.82) is 0 Å². The largest absolute Gasteiger partial charge is 0.395 e. The van der Waals surface area contributed by atoms with Gasteiger partial charge < -0.3 is 10.2 Å². The lowest BCUT2D eigenvalue weighted by Gasteiger charge is -2.32. The Morgan fingerprint density at radius 2 is 1.76 bits per heavy atom. The topological polar surface area (TPSA) is 40.5 Å². The van der Waals surface area contributed by atoms with E-state index in [4.69, 9.17) is 11.6 Å². The zero-order valence-corrected chi connectivity index (χ0v) is 12.6. The van der Waals surface area contributed by atoms with Crippen LogP contribution in [0.1, 0.15) is 16.7 Å². The fourth-order valence-corrected chi connectivity index (χ4v) is 2.78. The van der Waals surface area contributed by atoms with E-state index in [-0.39, 0.29) is 19.6 Å². The van der Waals surface area contributed by atoms with Crippen LogP contribution in [0.2, 0.25) is 5.02 Å². The van der Waals surface area contributed by atoms with Gasteiger partial charge in [0.2, 0.25) is 0 Å². The molecule has 0 radical (unpaired) electrons. The van der Waals surface area contributed by atoms with E-state index in [9.17, 15) is 14.6 Å². The van der Waals surface area contributed by atoms with E-state index in [1.54, 1.807) is 12.1 Å². The Morgan fingerprint density at radius 1 is 1.10 bits per heavy atom. The van der Waals surface area contributed by atoms with Gasteiger partial charge in [0.05, 0.1) is 13.2 Å². The van der Waals surface area contributed by atoms with Gasteiger partial charge in [-0.15, -0.1) is 0 Å². The molecule has 21 heavy (non-hydrogen) atoms. The molecule has 2 aromatic carbocycles. The second-order valence-corrected chi connectivity index (χ2v) is 5.76. The molecule has 0 bridgehead atoms. The van der Waals surface area contributed by atoms with Crippen molar-refractivity contribution < 1.29 is 14.6 Å². The van der Waals surface area contributed by atoms with Gasteiger partial charge in [0.25, 0.3) is 0 Å². The number of aliphatic hydroxyl groups excluding tert-OH is 2. The van der Waals surface area contributed by atoms with Gasteiger partial charge in [0.1, 0.15) is 5.82 Å². The number of benzene rings is 2. The molecule has 2 nitrogen and oxygen atoms in total. The highest BCUT2D eigenvalue weighted by atomic mass is 35.5. The lowest BCUT2D eigenvalue weighted by molar-refractivity contribution is 0.115. The molecule has 0 aliphatic carbocycles. The van der Waals surface area contributed by atoms with Gasteiger partial charge in [-0.1, -0.05) is 41.9 Å². The zero-order chi connectivity index (χ0) is 15.5. The number of halogens is 2. The summed E-state index contributed by atoms with van der Waals surface area (Å²) in [6.07, 6.45) is 0.202. The zero-order valence-electron chi connectivity index (χ0n) is 11.8. The number of hydrogen-bond donors (Lipinski definition) is 2. The molecule has 0 amide bonds. The monoisotopic (exact) mass is 308 g/mol. The van der Waals surface area contributed by atoms with Crippen LogP contribution in [0.5, 0.6) is 0 Å². The summed E-state index contributed by atoms with van der Waals surface area (Å²) in [6, 6.07) is 12.0. The van der Waals surface area contributed by atoms with Gasteiger partial charge in [-0.25, -0.2) is 4.39 Å². The van der Waals surface area contributed by atoms with Crippen LogP contribution in [0.25, 0.3) is 0 Å². The van der Waals surface area contributed by atoms with Crippen molar-refractivity contribution >= 4 is 11.6 Å². The van der Waals surface area contributed by atoms with Gasteiger partial charge in [0.15, 0.2) is 0 Å². The average Bonchev–Trinajstić information content (AvgIpc) is 2.48. The molecule has 2 rings (SSSR count). The summed E-state index contributed by atoms with van der Waals surface area (Å²) in [7, 11) is 0. The molecular formula is C17H18ClFO2. The van der Waals surface area contributed by atoms with Gasteiger partial charge >= 0.3 is 0 Å². The summed E-state index contributed by atoms with van der Waals surface area (Å²) >= 11 is 5.76. The maximum absolute atomic E-state index is 14.0. The second-order valence-electron chi connectivity index (χ2n) is 5.32. The Kier molecular flexibility index (Phi) is 4.99. The molecule has 0 aliphatic heterocycles. The predicted octanol–water partition coefficient (Wildman–Crippen LogP) is 3.25. The third kappa shape index (κ3) is 3.26. The summed E-state index contributed by atoms with van der Waals surface area (Å²) < 4.78 is 14.0. The van der Waals surface area contributed by atoms with Crippen LogP contribution in [0.15, 0.2) is 42.5 Å². The molecule has 0 atom stereocenters. The van der Waals surface area contributed by atoms with Crippen molar-refractivity contribution in [2.75, 3.05) is 13.2 Å². The van der Waals surface area contributed by atoms with Gasteiger partial charge in [0, 0.05) is 10.4 Å². The molecule has 0 saturated heterocycles. The normalized spacial score (nSPS) is 11.7. The number of hydrogen-bond acceptors (Lipinski definition) is 2. The van der Waals surface area contributed by atoms with Crippen molar-refractivity contribution in [2.45, 2.75) is 18.8 Å². The quantitative estimate of drug-likeness (QED) is 0.890. The molecule has 0 heterocycles. The van der Waals surface area contributed by atoms with E-state index in [0.29, 0.717) is 10.6 Å². The molecule has 0 unspecified atom stereocenters. The Labute approximate surface area is 128 Å². The molecule has 4 heteroatoms. The van der Waals surface area contributed by atoms with E-state index in [0.717, 1.165) is 11.1 Å². The first-order valence-corrected chi connectivity index (χ1v) is 7.12. The molecule has 0 fully saturated rings. The van der Waals surface area contributed by atoms with E-state index < -0.39 is 11.2 Å². The third-order valence-electron chi connectivity index (χ3n) is 3.87. The molecule has 0 saturated carbocycles. The number of aliphatic hydroxyl groups is 2. The van der Waals surface area contributed by atoms with Crippen LogP contribution < -0.4 is 0 Å². The lowest BCUT2D eigenvalue weighted by Crippen LogP contribution is -2.38. The maximum Gasteiger partial charge on any atom is 0.127 e. The molecule has 0 aromatic heterocycles.